The van der Waals surface area contributed by atoms with Crippen LogP contribution in [0.2, 0.25) is 0 Å². The predicted octanol–water partition coefficient (Wildman–Crippen LogP) is 3.13. The molecule has 1 aromatic carbocycles. The van der Waals surface area contributed by atoms with Gasteiger partial charge in [0.05, 0.1) is 11.3 Å². The van der Waals surface area contributed by atoms with Gasteiger partial charge in [-0.1, -0.05) is 26.8 Å². The number of nitrogens with one attached hydrogen (secondary N) is 1. The van der Waals surface area contributed by atoms with Gasteiger partial charge in [-0.3, -0.25) is 9.69 Å². The van der Waals surface area contributed by atoms with Crippen molar-refractivity contribution in [3.05, 3.63) is 58.5 Å². The first kappa shape index (κ1) is 22.8. The number of nitrogens with zero attached hydrogens (tertiary/aromatic N) is 3. The molecule has 0 atom stereocenters. The number of pyridine rings is 1. The molecule has 0 aliphatic rings. The zero-order valence-electron chi connectivity index (χ0n) is 19.0. The second-order valence-corrected chi connectivity index (χ2v) is 9.18. The Hall–Kier alpha value is -2.90. The average molecular weight is 423 g/mol. The molecule has 0 aliphatic heterocycles. The Morgan fingerprint density at radius 3 is 2.61 bits per heavy atom. The second-order valence-electron chi connectivity index (χ2n) is 9.18. The van der Waals surface area contributed by atoms with Gasteiger partial charge in [0.25, 0.3) is 5.56 Å². The number of primary amides is 1. The molecule has 3 N–H and O–H groups in total. The Bertz CT molecular complexity index is 1130. The van der Waals surface area contributed by atoms with E-state index >= 15 is 0 Å². The summed E-state index contributed by atoms with van der Waals surface area (Å²) in [5.74, 6) is 0. The van der Waals surface area contributed by atoms with Gasteiger partial charge in [-0.25, -0.2) is 9.36 Å². The van der Waals surface area contributed by atoms with Crippen molar-refractivity contribution in [1.29, 1.82) is 0 Å². The molecule has 0 fully saturated rings. The maximum Gasteiger partial charge on any atom is 0.325 e. The number of aromatic nitrogens is 2. The van der Waals surface area contributed by atoms with E-state index in [1.54, 1.807) is 6.07 Å². The fourth-order valence-electron chi connectivity index (χ4n) is 4.28. The lowest BCUT2D eigenvalue weighted by molar-refractivity contribution is 0.143. The largest absolute Gasteiger partial charge is 0.354 e. The average Bonchev–Trinajstić information content (AvgIpc) is 3.09. The monoisotopic (exact) mass is 422 g/mol. The van der Waals surface area contributed by atoms with Crippen LogP contribution < -0.4 is 11.3 Å². The van der Waals surface area contributed by atoms with Crippen molar-refractivity contribution < 1.29 is 4.79 Å². The molecule has 0 aliphatic carbocycles. The van der Waals surface area contributed by atoms with Gasteiger partial charge in [-0.15, -0.1) is 0 Å². The summed E-state index contributed by atoms with van der Waals surface area (Å²) >= 11 is 0. The third kappa shape index (κ3) is 5.42. The summed E-state index contributed by atoms with van der Waals surface area (Å²) in [4.78, 5) is 32.0. The lowest BCUT2D eigenvalue weighted by atomic mass is 9.92. The van der Waals surface area contributed by atoms with E-state index < -0.39 is 11.6 Å². The van der Waals surface area contributed by atoms with Crippen LogP contribution in [0.1, 0.15) is 26.3 Å². The SMILES string of the molecule is CCN(Cc1ccc2[nH]c(-c3c[c]cn(C(N)=O)c3=O)cc2c1)CC(C)(C)CN(C)C. The van der Waals surface area contributed by atoms with Crippen LogP contribution in [0.3, 0.4) is 0 Å². The summed E-state index contributed by atoms with van der Waals surface area (Å²) in [5, 5.41) is 1.02. The van der Waals surface area contributed by atoms with Crippen molar-refractivity contribution in [1.82, 2.24) is 19.4 Å². The molecule has 1 amide bonds. The van der Waals surface area contributed by atoms with Crippen molar-refractivity contribution in [2.24, 2.45) is 11.1 Å². The molecular weight excluding hydrogens is 390 g/mol. The van der Waals surface area contributed by atoms with Crippen LogP contribution in [0.4, 0.5) is 4.79 Å². The molecule has 0 saturated heterocycles. The fourth-order valence-corrected chi connectivity index (χ4v) is 4.28. The molecule has 31 heavy (non-hydrogen) atoms. The van der Waals surface area contributed by atoms with Gasteiger partial charge >= 0.3 is 6.03 Å². The number of amides is 1. The van der Waals surface area contributed by atoms with Gasteiger partial charge in [-0.05, 0) is 55.9 Å². The Kier molecular flexibility index (Phi) is 6.67. The maximum absolute atomic E-state index is 12.6. The van der Waals surface area contributed by atoms with Gasteiger partial charge in [0.15, 0.2) is 0 Å². The van der Waals surface area contributed by atoms with Gasteiger partial charge in [0, 0.05) is 42.8 Å². The molecule has 7 heteroatoms. The third-order valence-corrected chi connectivity index (χ3v) is 5.34. The number of hydrogen-bond acceptors (Lipinski definition) is 4. The van der Waals surface area contributed by atoms with Crippen LogP contribution in [0, 0.1) is 11.5 Å². The van der Waals surface area contributed by atoms with Gasteiger partial charge in [0.2, 0.25) is 0 Å². The first-order valence-electron chi connectivity index (χ1n) is 10.5. The number of carbonyl (C=O) groups excluding carboxylic acids is 1. The number of aromatic amines is 1. The molecule has 3 rings (SSSR count). The van der Waals surface area contributed by atoms with Crippen LogP contribution >= 0.6 is 0 Å². The number of benzene rings is 1. The standard InChI is InChI=1S/C24H32N5O2/c1-6-28(16-24(2,3)15-27(4)5)14-17-9-10-20-18(12-17)13-21(26-20)19-8-7-11-29(22(19)30)23(25)31/h8-13,26H,6,14-16H2,1-5H3,(H2,25,31). The molecule has 0 unspecified atom stereocenters. The van der Waals surface area contributed by atoms with Gasteiger partial charge in [-0.2, -0.15) is 0 Å². The summed E-state index contributed by atoms with van der Waals surface area (Å²) in [6.07, 6.45) is 1.26. The molecule has 2 aromatic heterocycles. The Morgan fingerprint density at radius 2 is 1.97 bits per heavy atom. The molecule has 2 heterocycles. The molecule has 0 spiro atoms. The van der Waals surface area contributed by atoms with Crippen LogP contribution in [-0.2, 0) is 6.54 Å². The first-order chi connectivity index (χ1) is 14.6. The van der Waals surface area contributed by atoms with E-state index in [1.807, 2.05) is 12.1 Å². The summed E-state index contributed by atoms with van der Waals surface area (Å²) in [6.45, 7) is 10.6. The number of fused-ring (bicyclic) bond motifs is 1. The van der Waals surface area contributed by atoms with E-state index in [1.165, 1.54) is 11.8 Å². The molecule has 0 saturated carbocycles. The van der Waals surface area contributed by atoms with E-state index in [0.29, 0.717) is 11.3 Å². The minimum absolute atomic E-state index is 0.189. The highest BCUT2D eigenvalue weighted by Crippen LogP contribution is 2.24. The highest BCUT2D eigenvalue weighted by molar-refractivity contribution is 5.86. The van der Waals surface area contributed by atoms with Gasteiger partial charge in [0.1, 0.15) is 0 Å². The summed E-state index contributed by atoms with van der Waals surface area (Å²) in [7, 11) is 4.22. The molecular formula is C24H32N5O2. The number of nitrogens with two attached hydrogens (primary N) is 1. The summed E-state index contributed by atoms with van der Waals surface area (Å²) in [6, 6.07) is 11.8. The van der Waals surface area contributed by atoms with E-state index in [9.17, 15) is 9.59 Å². The minimum atomic E-state index is -0.821. The summed E-state index contributed by atoms with van der Waals surface area (Å²) < 4.78 is 0.862. The van der Waals surface area contributed by atoms with E-state index in [2.05, 4.69) is 67.8 Å². The number of carbonyl (C=O) groups is 1. The Labute approximate surface area is 183 Å². The van der Waals surface area contributed by atoms with Crippen molar-refractivity contribution >= 4 is 16.9 Å². The van der Waals surface area contributed by atoms with E-state index in [-0.39, 0.29) is 5.41 Å². The fraction of sp³-hybridized carbons (Fsp3) is 0.417. The zero-order valence-corrected chi connectivity index (χ0v) is 19.0. The van der Waals surface area contributed by atoms with Crippen molar-refractivity contribution in [3.8, 4) is 11.3 Å². The third-order valence-electron chi connectivity index (χ3n) is 5.34. The van der Waals surface area contributed by atoms with Crippen LogP contribution in [-0.4, -0.2) is 59.1 Å². The molecule has 0 bridgehead atoms. The second kappa shape index (κ2) is 9.08. The van der Waals surface area contributed by atoms with Crippen molar-refractivity contribution in [3.63, 3.8) is 0 Å². The van der Waals surface area contributed by atoms with Crippen molar-refractivity contribution in [2.75, 3.05) is 33.7 Å². The highest BCUT2D eigenvalue weighted by Gasteiger charge is 2.22. The number of hydrogen-bond donors (Lipinski definition) is 2. The molecule has 165 valence electrons. The Balaban J connectivity index is 1.85. The lowest BCUT2D eigenvalue weighted by Crippen LogP contribution is -2.39. The number of rotatable bonds is 8. The van der Waals surface area contributed by atoms with E-state index in [0.717, 1.165) is 41.6 Å². The Morgan fingerprint density at radius 1 is 1.23 bits per heavy atom. The first-order valence-corrected chi connectivity index (χ1v) is 10.5. The predicted molar refractivity (Wildman–Crippen MR) is 125 cm³/mol. The zero-order chi connectivity index (χ0) is 22.8. The molecule has 7 nitrogen and oxygen atoms in total. The van der Waals surface area contributed by atoms with Crippen molar-refractivity contribution in [2.45, 2.75) is 27.3 Å². The molecule has 3 aromatic rings. The van der Waals surface area contributed by atoms with Gasteiger partial charge < -0.3 is 15.6 Å². The van der Waals surface area contributed by atoms with Crippen LogP contribution in [0.5, 0.6) is 0 Å². The topological polar surface area (TPSA) is 87.4 Å². The number of H-pyrrole nitrogens is 1. The minimum Gasteiger partial charge on any atom is -0.354 e. The smallest absolute Gasteiger partial charge is 0.325 e. The van der Waals surface area contributed by atoms with Crippen LogP contribution in [0.15, 0.2) is 41.3 Å². The van der Waals surface area contributed by atoms with Crippen LogP contribution in [0.25, 0.3) is 22.2 Å². The highest BCUT2D eigenvalue weighted by atomic mass is 16.2. The lowest BCUT2D eigenvalue weighted by Gasteiger charge is -2.34. The quantitative estimate of drug-likeness (QED) is 0.584. The van der Waals surface area contributed by atoms with E-state index in [4.69, 9.17) is 5.73 Å². The maximum atomic E-state index is 12.6. The normalized spacial score (nSPS) is 12.2. The summed E-state index contributed by atoms with van der Waals surface area (Å²) in [5.41, 5.74) is 8.16. The molecule has 1 radical (unpaired) electrons.